The number of hydrogen-bond donors (Lipinski definition) is 1. The molecule has 5 rings (SSSR count). The van der Waals surface area contributed by atoms with E-state index in [-0.39, 0.29) is 17.9 Å². The quantitative estimate of drug-likeness (QED) is 0.678. The first-order chi connectivity index (χ1) is 16.5. The highest BCUT2D eigenvalue weighted by atomic mass is 16.2. The van der Waals surface area contributed by atoms with Gasteiger partial charge in [-0.2, -0.15) is 5.10 Å². The lowest BCUT2D eigenvalue weighted by molar-refractivity contribution is -0.130. The average molecular weight is 467 g/mol. The highest BCUT2D eigenvalue weighted by Gasteiger charge is 2.41. The first-order valence-electron chi connectivity index (χ1n) is 13.0. The number of hydrogen-bond acceptors (Lipinski definition) is 5. The van der Waals surface area contributed by atoms with E-state index in [2.05, 4.69) is 27.1 Å². The number of piperazine rings is 1. The van der Waals surface area contributed by atoms with E-state index in [4.69, 9.17) is 0 Å². The largest absolute Gasteiger partial charge is 0.348 e. The van der Waals surface area contributed by atoms with Crippen molar-refractivity contribution in [3.05, 3.63) is 30.0 Å². The summed E-state index contributed by atoms with van der Waals surface area (Å²) in [5, 5.41) is 8.95. The second kappa shape index (κ2) is 10.0. The molecule has 1 N–H and O–H groups in total. The smallest absolute Gasteiger partial charge is 0.272 e. The molecule has 2 aromatic rings. The first-order valence-corrected chi connectivity index (χ1v) is 13.0. The van der Waals surface area contributed by atoms with Gasteiger partial charge >= 0.3 is 0 Å². The van der Waals surface area contributed by atoms with E-state index in [9.17, 15) is 9.59 Å². The molecule has 8 heteroatoms. The van der Waals surface area contributed by atoms with Crippen molar-refractivity contribution < 1.29 is 9.59 Å². The Morgan fingerprint density at radius 1 is 1.00 bits per heavy atom. The molecule has 0 spiro atoms. The lowest BCUT2D eigenvalue weighted by Gasteiger charge is -2.41. The number of aromatic nitrogens is 2. The van der Waals surface area contributed by atoms with Gasteiger partial charge in [-0.3, -0.25) is 24.1 Å². The summed E-state index contributed by atoms with van der Waals surface area (Å²) in [5.41, 5.74) is 1.59. The minimum absolute atomic E-state index is 0.0350. The molecule has 0 saturated carbocycles. The second-order valence-corrected chi connectivity index (χ2v) is 10.2. The van der Waals surface area contributed by atoms with Crippen LogP contribution in [0.4, 0.5) is 0 Å². The number of rotatable bonds is 7. The maximum Gasteiger partial charge on any atom is 0.272 e. The van der Waals surface area contributed by atoms with Crippen LogP contribution in [0.1, 0.15) is 56.4 Å². The van der Waals surface area contributed by atoms with Crippen molar-refractivity contribution in [2.75, 3.05) is 39.3 Å². The molecule has 1 aromatic carbocycles. The molecular formula is C26H38N6O2. The number of carbonyl (C=O) groups excluding carboxylic acids is 2. The number of piperidine rings is 1. The van der Waals surface area contributed by atoms with E-state index < -0.39 is 0 Å². The van der Waals surface area contributed by atoms with E-state index >= 15 is 0 Å². The zero-order chi connectivity index (χ0) is 23.7. The van der Waals surface area contributed by atoms with Gasteiger partial charge in [0, 0.05) is 76.2 Å². The van der Waals surface area contributed by atoms with Crippen LogP contribution in [0.25, 0.3) is 10.9 Å². The van der Waals surface area contributed by atoms with E-state index in [1.807, 2.05) is 33.8 Å². The number of aryl methyl sites for hydroxylation is 1. The van der Waals surface area contributed by atoms with Gasteiger partial charge in [0.15, 0.2) is 5.69 Å². The van der Waals surface area contributed by atoms with Gasteiger partial charge in [0.25, 0.3) is 5.91 Å². The predicted octanol–water partition coefficient (Wildman–Crippen LogP) is 2.34. The topological polar surface area (TPSA) is 73.7 Å². The van der Waals surface area contributed by atoms with Crippen molar-refractivity contribution in [2.45, 2.75) is 70.6 Å². The summed E-state index contributed by atoms with van der Waals surface area (Å²) >= 11 is 0. The van der Waals surface area contributed by atoms with Crippen LogP contribution in [0.5, 0.6) is 0 Å². The molecule has 3 aliphatic heterocycles. The van der Waals surface area contributed by atoms with Gasteiger partial charge in [0.05, 0.1) is 5.52 Å². The zero-order valence-corrected chi connectivity index (χ0v) is 20.6. The Morgan fingerprint density at radius 3 is 2.38 bits per heavy atom. The summed E-state index contributed by atoms with van der Waals surface area (Å²) in [6, 6.07) is 9.37. The summed E-state index contributed by atoms with van der Waals surface area (Å²) in [5.74, 6) is 0.152. The molecule has 4 heterocycles. The molecule has 3 saturated heterocycles. The van der Waals surface area contributed by atoms with Crippen LogP contribution < -0.4 is 5.32 Å². The minimum Gasteiger partial charge on any atom is -0.348 e. The van der Waals surface area contributed by atoms with Crippen molar-refractivity contribution in [1.29, 1.82) is 0 Å². The van der Waals surface area contributed by atoms with Gasteiger partial charge in [0.2, 0.25) is 5.91 Å². The van der Waals surface area contributed by atoms with Crippen LogP contribution in [0.3, 0.4) is 0 Å². The van der Waals surface area contributed by atoms with E-state index in [1.54, 1.807) is 6.92 Å². The molecule has 34 heavy (non-hydrogen) atoms. The monoisotopic (exact) mass is 466 g/mol. The third-order valence-corrected chi connectivity index (χ3v) is 8.02. The van der Waals surface area contributed by atoms with Gasteiger partial charge in [-0.05, 0) is 38.2 Å². The molecule has 2 bridgehead atoms. The Bertz CT molecular complexity index is 1010. The maximum absolute atomic E-state index is 13.2. The van der Waals surface area contributed by atoms with Crippen molar-refractivity contribution in [3.63, 3.8) is 0 Å². The van der Waals surface area contributed by atoms with Gasteiger partial charge in [0.1, 0.15) is 0 Å². The van der Waals surface area contributed by atoms with E-state index in [0.717, 1.165) is 76.0 Å². The molecule has 8 nitrogen and oxygen atoms in total. The van der Waals surface area contributed by atoms with Gasteiger partial charge in [-0.1, -0.05) is 25.1 Å². The highest BCUT2D eigenvalue weighted by molar-refractivity contribution is 6.05. The fraction of sp³-hybridized carbons (Fsp3) is 0.654. The summed E-state index contributed by atoms with van der Waals surface area (Å²) in [6.07, 6.45) is 5.48. The van der Waals surface area contributed by atoms with Crippen molar-refractivity contribution in [2.24, 2.45) is 0 Å². The standard InChI is InChI=1S/C26H38N6O2/c1-3-10-32-24-7-5-4-6-23(24)25(28-32)26(34)27-20-17-21-8-9-22(18-20)31(21)16-13-29-11-14-30(15-12-29)19(2)33/h4-7,20-22H,3,8-18H2,1-2H3,(H,27,34)/t20?,21-,22+. The van der Waals surface area contributed by atoms with Crippen LogP contribution in [0.15, 0.2) is 24.3 Å². The third-order valence-electron chi connectivity index (χ3n) is 8.02. The normalized spacial score (nSPS) is 25.7. The molecular weight excluding hydrogens is 428 g/mol. The molecule has 3 fully saturated rings. The first kappa shape index (κ1) is 23.3. The summed E-state index contributed by atoms with van der Waals surface area (Å²) in [6.45, 7) is 10.4. The Labute approximate surface area is 202 Å². The Morgan fingerprint density at radius 2 is 1.71 bits per heavy atom. The average Bonchev–Trinajstić information content (AvgIpc) is 3.32. The third kappa shape index (κ3) is 4.70. The summed E-state index contributed by atoms with van der Waals surface area (Å²) in [7, 11) is 0. The number of carbonyl (C=O) groups is 2. The van der Waals surface area contributed by atoms with Gasteiger partial charge < -0.3 is 10.2 Å². The number of fused-ring (bicyclic) bond motifs is 3. The van der Waals surface area contributed by atoms with Crippen molar-refractivity contribution in [1.82, 2.24) is 29.8 Å². The van der Waals surface area contributed by atoms with E-state index in [1.165, 1.54) is 12.8 Å². The fourth-order valence-corrected chi connectivity index (χ4v) is 6.23. The zero-order valence-electron chi connectivity index (χ0n) is 20.6. The fourth-order valence-electron chi connectivity index (χ4n) is 6.23. The molecule has 0 aliphatic carbocycles. The van der Waals surface area contributed by atoms with Crippen molar-refractivity contribution in [3.8, 4) is 0 Å². The molecule has 1 aromatic heterocycles. The molecule has 3 aliphatic rings. The lowest BCUT2D eigenvalue weighted by Crippen LogP contribution is -2.54. The number of benzene rings is 1. The Hall–Kier alpha value is -2.45. The van der Waals surface area contributed by atoms with Crippen LogP contribution in [0, 0.1) is 0 Å². The van der Waals surface area contributed by atoms with Crippen molar-refractivity contribution >= 4 is 22.7 Å². The van der Waals surface area contributed by atoms with Gasteiger partial charge in [-0.15, -0.1) is 0 Å². The Kier molecular flexibility index (Phi) is 6.88. The molecule has 1 unspecified atom stereocenters. The van der Waals surface area contributed by atoms with Gasteiger partial charge in [-0.25, -0.2) is 0 Å². The van der Waals surface area contributed by atoms with Crippen LogP contribution in [0.2, 0.25) is 0 Å². The minimum atomic E-state index is -0.0350. The van der Waals surface area contributed by atoms with Crippen LogP contribution in [-0.2, 0) is 11.3 Å². The molecule has 2 amide bonds. The number of amides is 2. The summed E-state index contributed by atoms with van der Waals surface area (Å²) in [4.78, 5) is 31.9. The maximum atomic E-state index is 13.2. The second-order valence-electron chi connectivity index (χ2n) is 10.2. The number of nitrogens with one attached hydrogen (secondary N) is 1. The van der Waals surface area contributed by atoms with Crippen LogP contribution in [-0.4, -0.2) is 93.7 Å². The van der Waals surface area contributed by atoms with Crippen LogP contribution >= 0.6 is 0 Å². The Balaban J connectivity index is 1.16. The number of para-hydroxylation sites is 1. The lowest BCUT2D eigenvalue weighted by atomic mass is 9.97. The molecule has 0 radical (unpaired) electrons. The highest BCUT2D eigenvalue weighted by Crippen LogP contribution is 2.35. The van der Waals surface area contributed by atoms with E-state index in [0.29, 0.717) is 17.8 Å². The summed E-state index contributed by atoms with van der Waals surface area (Å²) < 4.78 is 1.97. The molecule has 184 valence electrons. The number of nitrogens with zero attached hydrogens (tertiary/aromatic N) is 5. The molecule has 3 atom stereocenters. The SMILES string of the molecule is CCCn1nc(C(=O)NC2C[C@H]3CC[C@@H](C2)N3CCN2CCN(C(C)=O)CC2)c2ccccc21. The predicted molar refractivity (Wildman–Crippen MR) is 133 cm³/mol.